The predicted molar refractivity (Wildman–Crippen MR) is 84.1 cm³/mol. The van der Waals surface area contributed by atoms with Gasteiger partial charge in [0.05, 0.1) is 17.6 Å². The van der Waals surface area contributed by atoms with Crippen LogP contribution >= 0.6 is 0 Å². The highest BCUT2D eigenvalue weighted by molar-refractivity contribution is 5.84. The van der Waals surface area contributed by atoms with E-state index in [2.05, 4.69) is 28.7 Å². The van der Waals surface area contributed by atoms with E-state index in [4.69, 9.17) is 5.73 Å². The SMILES string of the molecule is CCCNC(C)(CC(C)n1cnc2c1CCCC2)C(N)=O. The maximum absolute atomic E-state index is 11.9. The van der Waals surface area contributed by atoms with Gasteiger partial charge in [0.25, 0.3) is 0 Å². The molecular formula is C16H28N4O. The monoisotopic (exact) mass is 292 g/mol. The summed E-state index contributed by atoms with van der Waals surface area (Å²) >= 11 is 0. The first-order chi connectivity index (χ1) is 9.98. The van der Waals surface area contributed by atoms with E-state index < -0.39 is 5.54 Å². The van der Waals surface area contributed by atoms with Gasteiger partial charge in [-0.1, -0.05) is 6.92 Å². The smallest absolute Gasteiger partial charge is 0.237 e. The second-order valence-electron chi connectivity index (χ2n) is 6.43. The molecule has 0 spiro atoms. The zero-order chi connectivity index (χ0) is 15.5. The number of carbonyl (C=O) groups is 1. The molecule has 0 saturated heterocycles. The molecule has 2 rings (SSSR count). The van der Waals surface area contributed by atoms with Crippen molar-refractivity contribution in [1.29, 1.82) is 0 Å². The average molecular weight is 292 g/mol. The van der Waals surface area contributed by atoms with Crippen molar-refractivity contribution in [2.24, 2.45) is 5.73 Å². The molecule has 0 bridgehead atoms. The Balaban J connectivity index is 2.13. The molecule has 0 aliphatic heterocycles. The van der Waals surface area contributed by atoms with Crippen molar-refractivity contribution in [3.05, 3.63) is 17.7 Å². The summed E-state index contributed by atoms with van der Waals surface area (Å²) in [5.41, 5.74) is 7.53. The lowest BCUT2D eigenvalue weighted by Crippen LogP contribution is -2.54. The van der Waals surface area contributed by atoms with Crippen LogP contribution in [0, 0.1) is 0 Å². The molecule has 1 amide bonds. The lowest BCUT2D eigenvalue weighted by molar-refractivity contribution is -0.124. The zero-order valence-electron chi connectivity index (χ0n) is 13.5. The largest absolute Gasteiger partial charge is 0.368 e. The Morgan fingerprint density at radius 2 is 2.24 bits per heavy atom. The number of fused-ring (bicyclic) bond motifs is 1. The number of amides is 1. The van der Waals surface area contributed by atoms with E-state index in [1.165, 1.54) is 24.2 Å². The van der Waals surface area contributed by atoms with Crippen LogP contribution in [0.5, 0.6) is 0 Å². The van der Waals surface area contributed by atoms with Crippen molar-refractivity contribution in [1.82, 2.24) is 14.9 Å². The quantitative estimate of drug-likeness (QED) is 0.807. The fourth-order valence-corrected chi connectivity index (χ4v) is 3.22. The standard InChI is InChI=1S/C16H28N4O/c1-4-9-19-16(3,15(17)21)10-12(2)20-11-18-13-7-5-6-8-14(13)20/h11-12,19H,4-10H2,1-3H3,(H2,17,21). The summed E-state index contributed by atoms with van der Waals surface area (Å²) in [6.07, 6.45) is 8.23. The van der Waals surface area contributed by atoms with Gasteiger partial charge in [-0.2, -0.15) is 0 Å². The molecule has 118 valence electrons. The Bertz CT molecular complexity index is 496. The van der Waals surface area contributed by atoms with Gasteiger partial charge in [0, 0.05) is 11.7 Å². The van der Waals surface area contributed by atoms with Gasteiger partial charge in [0.15, 0.2) is 0 Å². The number of nitrogens with zero attached hydrogens (tertiary/aromatic N) is 2. The van der Waals surface area contributed by atoms with Crippen LogP contribution in [0.3, 0.4) is 0 Å². The summed E-state index contributed by atoms with van der Waals surface area (Å²) in [5, 5.41) is 3.31. The van der Waals surface area contributed by atoms with Crippen LogP contribution in [0.4, 0.5) is 0 Å². The molecule has 1 aromatic rings. The van der Waals surface area contributed by atoms with Gasteiger partial charge < -0.3 is 15.6 Å². The third-order valence-electron chi connectivity index (χ3n) is 4.55. The molecule has 2 unspecified atom stereocenters. The first kappa shape index (κ1) is 16.0. The van der Waals surface area contributed by atoms with Crippen molar-refractivity contribution in [2.75, 3.05) is 6.54 Å². The van der Waals surface area contributed by atoms with Gasteiger partial charge in [-0.3, -0.25) is 4.79 Å². The molecular weight excluding hydrogens is 264 g/mol. The molecule has 1 aromatic heterocycles. The first-order valence-corrected chi connectivity index (χ1v) is 8.07. The number of imidazole rings is 1. The number of carbonyl (C=O) groups excluding carboxylic acids is 1. The number of hydrogen-bond acceptors (Lipinski definition) is 3. The highest BCUT2D eigenvalue weighted by Gasteiger charge is 2.33. The maximum atomic E-state index is 11.9. The van der Waals surface area contributed by atoms with Crippen LogP contribution in [-0.4, -0.2) is 27.5 Å². The minimum atomic E-state index is -0.665. The molecule has 0 saturated carbocycles. The second-order valence-corrected chi connectivity index (χ2v) is 6.43. The van der Waals surface area contributed by atoms with E-state index >= 15 is 0 Å². The van der Waals surface area contributed by atoms with Crippen LogP contribution in [0.15, 0.2) is 6.33 Å². The summed E-state index contributed by atoms with van der Waals surface area (Å²) < 4.78 is 2.24. The van der Waals surface area contributed by atoms with Gasteiger partial charge >= 0.3 is 0 Å². The predicted octanol–water partition coefficient (Wildman–Crippen LogP) is 1.96. The third kappa shape index (κ3) is 3.46. The highest BCUT2D eigenvalue weighted by Crippen LogP contribution is 2.27. The second kappa shape index (κ2) is 6.60. The molecule has 21 heavy (non-hydrogen) atoms. The number of aryl methyl sites for hydroxylation is 1. The highest BCUT2D eigenvalue weighted by atomic mass is 16.1. The number of hydrogen-bond donors (Lipinski definition) is 2. The maximum Gasteiger partial charge on any atom is 0.237 e. The number of aromatic nitrogens is 2. The molecule has 3 N–H and O–H groups in total. The summed E-state index contributed by atoms with van der Waals surface area (Å²) in [7, 11) is 0. The van der Waals surface area contributed by atoms with Crippen LogP contribution in [0.2, 0.25) is 0 Å². The average Bonchev–Trinajstić information content (AvgIpc) is 2.89. The lowest BCUT2D eigenvalue weighted by Gasteiger charge is -2.31. The van der Waals surface area contributed by atoms with E-state index in [-0.39, 0.29) is 11.9 Å². The topological polar surface area (TPSA) is 72.9 Å². The molecule has 1 heterocycles. The van der Waals surface area contributed by atoms with Crippen molar-refractivity contribution >= 4 is 5.91 Å². The van der Waals surface area contributed by atoms with E-state index in [0.717, 1.165) is 25.8 Å². The normalized spacial score (nSPS) is 18.8. The molecule has 2 atom stereocenters. The summed E-state index contributed by atoms with van der Waals surface area (Å²) in [6.45, 7) is 6.94. The van der Waals surface area contributed by atoms with Gasteiger partial charge in [-0.25, -0.2) is 4.98 Å². The van der Waals surface area contributed by atoms with Crippen LogP contribution in [0.25, 0.3) is 0 Å². The molecule has 1 aliphatic carbocycles. The van der Waals surface area contributed by atoms with Gasteiger partial charge in [0.2, 0.25) is 5.91 Å². The minimum absolute atomic E-state index is 0.209. The zero-order valence-corrected chi connectivity index (χ0v) is 13.5. The third-order valence-corrected chi connectivity index (χ3v) is 4.55. The Labute approximate surface area is 127 Å². The van der Waals surface area contributed by atoms with Crippen molar-refractivity contribution in [3.63, 3.8) is 0 Å². The Kier molecular flexibility index (Phi) is 5.04. The number of nitrogens with one attached hydrogen (secondary N) is 1. The van der Waals surface area contributed by atoms with E-state index in [0.29, 0.717) is 6.42 Å². The first-order valence-electron chi connectivity index (χ1n) is 8.07. The van der Waals surface area contributed by atoms with E-state index in [1.54, 1.807) is 0 Å². The van der Waals surface area contributed by atoms with Crippen LogP contribution < -0.4 is 11.1 Å². The van der Waals surface area contributed by atoms with E-state index in [9.17, 15) is 4.79 Å². The Morgan fingerprint density at radius 1 is 1.52 bits per heavy atom. The fraction of sp³-hybridized carbons (Fsp3) is 0.750. The van der Waals surface area contributed by atoms with E-state index in [1.807, 2.05) is 13.3 Å². The molecule has 0 radical (unpaired) electrons. The number of nitrogens with two attached hydrogens (primary N) is 1. The van der Waals surface area contributed by atoms with Crippen molar-refractivity contribution in [3.8, 4) is 0 Å². The molecule has 1 aliphatic rings. The molecule has 0 aromatic carbocycles. The van der Waals surface area contributed by atoms with Crippen molar-refractivity contribution < 1.29 is 4.79 Å². The van der Waals surface area contributed by atoms with Crippen molar-refractivity contribution in [2.45, 2.75) is 70.9 Å². The Hall–Kier alpha value is -1.36. The fourth-order valence-electron chi connectivity index (χ4n) is 3.22. The lowest BCUT2D eigenvalue weighted by atomic mass is 9.91. The van der Waals surface area contributed by atoms with Crippen LogP contribution in [0.1, 0.15) is 63.9 Å². The van der Waals surface area contributed by atoms with Crippen LogP contribution in [-0.2, 0) is 17.6 Å². The molecule has 0 fully saturated rings. The Morgan fingerprint density at radius 3 is 2.90 bits per heavy atom. The summed E-state index contributed by atoms with van der Waals surface area (Å²) in [6, 6.07) is 0.209. The van der Waals surface area contributed by atoms with Gasteiger partial charge in [-0.05, 0) is 58.9 Å². The minimum Gasteiger partial charge on any atom is -0.368 e. The summed E-state index contributed by atoms with van der Waals surface area (Å²) in [5.74, 6) is -0.281. The van der Waals surface area contributed by atoms with Gasteiger partial charge in [-0.15, -0.1) is 0 Å². The van der Waals surface area contributed by atoms with Gasteiger partial charge in [0.1, 0.15) is 0 Å². The summed E-state index contributed by atoms with van der Waals surface area (Å²) in [4.78, 5) is 16.4. The molecule has 5 nitrogen and oxygen atoms in total. The number of primary amides is 1. The molecule has 5 heteroatoms. The number of rotatable bonds is 7.